The number of rotatable bonds is 4. The first-order valence-corrected chi connectivity index (χ1v) is 5.67. The van der Waals surface area contributed by atoms with Crippen molar-refractivity contribution in [2.75, 3.05) is 12.4 Å². The van der Waals surface area contributed by atoms with Crippen LogP contribution < -0.4 is 10.6 Å². The van der Waals surface area contributed by atoms with Crippen molar-refractivity contribution < 1.29 is 0 Å². The van der Waals surface area contributed by atoms with Crippen molar-refractivity contribution in [3.63, 3.8) is 0 Å². The van der Waals surface area contributed by atoms with E-state index in [4.69, 9.17) is 0 Å². The standard InChI is InChI=1S/C11H13N3S/c1-12-7-10-8-15-11(14-10)13-9-5-3-2-4-6-9/h2-6,8,12H,7H2,1H3,(H,13,14). The number of aromatic nitrogens is 1. The molecular weight excluding hydrogens is 206 g/mol. The fourth-order valence-corrected chi connectivity index (χ4v) is 2.00. The normalized spacial score (nSPS) is 10.2. The molecule has 15 heavy (non-hydrogen) atoms. The summed E-state index contributed by atoms with van der Waals surface area (Å²) < 4.78 is 0. The van der Waals surface area contributed by atoms with Crippen LogP contribution in [0.1, 0.15) is 5.69 Å². The Bertz CT molecular complexity index is 411. The van der Waals surface area contributed by atoms with Crippen LogP contribution in [0, 0.1) is 0 Å². The summed E-state index contributed by atoms with van der Waals surface area (Å²) in [5.74, 6) is 0. The van der Waals surface area contributed by atoms with Crippen LogP contribution in [0.5, 0.6) is 0 Å². The number of hydrogen-bond acceptors (Lipinski definition) is 4. The van der Waals surface area contributed by atoms with E-state index >= 15 is 0 Å². The van der Waals surface area contributed by atoms with E-state index in [0.717, 1.165) is 23.1 Å². The molecule has 2 aromatic rings. The SMILES string of the molecule is CNCc1csc(Nc2ccccc2)n1. The number of benzene rings is 1. The van der Waals surface area contributed by atoms with E-state index in [2.05, 4.69) is 21.0 Å². The Morgan fingerprint density at radius 2 is 2.07 bits per heavy atom. The minimum Gasteiger partial charge on any atom is -0.332 e. The van der Waals surface area contributed by atoms with Gasteiger partial charge in [-0.3, -0.25) is 0 Å². The highest BCUT2D eigenvalue weighted by molar-refractivity contribution is 7.13. The smallest absolute Gasteiger partial charge is 0.187 e. The molecule has 0 saturated carbocycles. The topological polar surface area (TPSA) is 37.0 Å². The maximum atomic E-state index is 4.44. The van der Waals surface area contributed by atoms with Crippen LogP contribution in [0.25, 0.3) is 0 Å². The third-order valence-electron chi connectivity index (χ3n) is 1.93. The molecule has 1 aromatic heterocycles. The van der Waals surface area contributed by atoms with Gasteiger partial charge in [-0.05, 0) is 19.2 Å². The van der Waals surface area contributed by atoms with Crippen LogP contribution >= 0.6 is 11.3 Å². The third kappa shape index (κ3) is 2.78. The predicted octanol–water partition coefficient (Wildman–Crippen LogP) is 2.61. The Morgan fingerprint density at radius 1 is 1.27 bits per heavy atom. The average molecular weight is 219 g/mol. The quantitative estimate of drug-likeness (QED) is 0.830. The molecular formula is C11H13N3S. The number of anilines is 2. The van der Waals surface area contributed by atoms with E-state index in [1.807, 2.05) is 37.4 Å². The average Bonchev–Trinajstić information content (AvgIpc) is 2.68. The van der Waals surface area contributed by atoms with Gasteiger partial charge < -0.3 is 10.6 Å². The molecule has 0 unspecified atom stereocenters. The van der Waals surface area contributed by atoms with Crippen LogP contribution in [0.3, 0.4) is 0 Å². The molecule has 0 bridgehead atoms. The zero-order chi connectivity index (χ0) is 10.5. The van der Waals surface area contributed by atoms with Gasteiger partial charge in [0, 0.05) is 17.6 Å². The maximum Gasteiger partial charge on any atom is 0.187 e. The highest BCUT2D eigenvalue weighted by atomic mass is 32.1. The van der Waals surface area contributed by atoms with E-state index in [-0.39, 0.29) is 0 Å². The van der Waals surface area contributed by atoms with Crippen molar-refractivity contribution in [1.29, 1.82) is 0 Å². The molecule has 0 saturated heterocycles. The summed E-state index contributed by atoms with van der Waals surface area (Å²) in [4.78, 5) is 4.44. The molecule has 0 fully saturated rings. The summed E-state index contributed by atoms with van der Waals surface area (Å²) >= 11 is 1.62. The lowest BCUT2D eigenvalue weighted by Gasteiger charge is -2.00. The summed E-state index contributed by atoms with van der Waals surface area (Å²) in [6.45, 7) is 0.812. The molecule has 2 N–H and O–H groups in total. The number of nitrogens with one attached hydrogen (secondary N) is 2. The molecule has 0 spiro atoms. The van der Waals surface area contributed by atoms with E-state index in [9.17, 15) is 0 Å². The van der Waals surface area contributed by atoms with Gasteiger partial charge in [-0.1, -0.05) is 18.2 Å². The maximum absolute atomic E-state index is 4.44. The van der Waals surface area contributed by atoms with Gasteiger partial charge in [0.05, 0.1) is 5.69 Å². The van der Waals surface area contributed by atoms with Crippen LogP contribution in [-0.2, 0) is 6.54 Å². The minimum absolute atomic E-state index is 0.812. The second kappa shape index (κ2) is 4.91. The second-order valence-corrected chi connectivity index (χ2v) is 4.02. The Labute approximate surface area is 93.2 Å². The lowest BCUT2D eigenvalue weighted by atomic mass is 10.3. The minimum atomic E-state index is 0.812. The molecule has 0 aliphatic heterocycles. The molecule has 0 radical (unpaired) electrons. The molecule has 4 heteroatoms. The summed E-state index contributed by atoms with van der Waals surface area (Å²) in [6.07, 6.45) is 0. The fourth-order valence-electron chi connectivity index (χ4n) is 1.27. The fraction of sp³-hybridized carbons (Fsp3) is 0.182. The van der Waals surface area contributed by atoms with Crippen LogP contribution in [0.4, 0.5) is 10.8 Å². The van der Waals surface area contributed by atoms with E-state index in [0.29, 0.717) is 0 Å². The van der Waals surface area contributed by atoms with Gasteiger partial charge in [0.25, 0.3) is 0 Å². The predicted molar refractivity (Wildman–Crippen MR) is 64.6 cm³/mol. The van der Waals surface area contributed by atoms with Gasteiger partial charge in [-0.2, -0.15) is 0 Å². The Kier molecular flexibility index (Phi) is 3.32. The molecule has 3 nitrogen and oxygen atoms in total. The highest BCUT2D eigenvalue weighted by Gasteiger charge is 2.00. The first kappa shape index (κ1) is 10.1. The first-order valence-electron chi connectivity index (χ1n) is 4.79. The number of nitrogens with zero attached hydrogens (tertiary/aromatic N) is 1. The third-order valence-corrected chi connectivity index (χ3v) is 2.74. The number of thiazole rings is 1. The van der Waals surface area contributed by atoms with Crippen molar-refractivity contribution in [2.45, 2.75) is 6.54 Å². The second-order valence-electron chi connectivity index (χ2n) is 3.17. The molecule has 78 valence electrons. The van der Waals surface area contributed by atoms with Gasteiger partial charge in [-0.25, -0.2) is 4.98 Å². The van der Waals surface area contributed by atoms with E-state index in [1.54, 1.807) is 11.3 Å². The van der Waals surface area contributed by atoms with Crippen molar-refractivity contribution in [3.05, 3.63) is 41.4 Å². The summed E-state index contributed by atoms with van der Waals surface area (Å²) in [5, 5.41) is 9.33. The Morgan fingerprint density at radius 3 is 2.80 bits per heavy atom. The summed E-state index contributed by atoms with van der Waals surface area (Å²) in [6, 6.07) is 10.1. The van der Waals surface area contributed by atoms with Crippen LogP contribution in [-0.4, -0.2) is 12.0 Å². The zero-order valence-electron chi connectivity index (χ0n) is 8.53. The van der Waals surface area contributed by atoms with Gasteiger partial charge in [0.2, 0.25) is 0 Å². The van der Waals surface area contributed by atoms with Crippen molar-refractivity contribution in [3.8, 4) is 0 Å². The van der Waals surface area contributed by atoms with E-state index in [1.165, 1.54) is 0 Å². The number of hydrogen-bond donors (Lipinski definition) is 2. The molecule has 1 heterocycles. The van der Waals surface area contributed by atoms with Gasteiger partial charge in [0.15, 0.2) is 5.13 Å². The Hall–Kier alpha value is -1.39. The molecule has 0 aliphatic carbocycles. The largest absolute Gasteiger partial charge is 0.332 e. The zero-order valence-corrected chi connectivity index (χ0v) is 9.34. The molecule has 1 aromatic carbocycles. The highest BCUT2D eigenvalue weighted by Crippen LogP contribution is 2.20. The lowest BCUT2D eigenvalue weighted by molar-refractivity contribution is 0.798. The summed E-state index contributed by atoms with van der Waals surface area (Å²) in [7, 11) is 1.92. The molecule has 2 rings (SSSR count). The van der Waals surface area contributed by atoms with Gasteiger partial charge in [-0.15, -0.1) is 11.3 Å². The molecule has 0 aliphatic rings. The first-order chi connectivity index (χ1) is 7.38. The van der Waals surface area contributed by atoms with Crippen LogP contribution in [0.2, 0.25) is 0 Å². The number of para-hydroxylation sites is 1. The lowest BCUT2D eigenvalue weighted by Crippen LogP contribution is -2.05. The van der Waals surface area contributed by atoms with Crippen molar-refractivity contribution in [1.82, 2.24) is 10.3 Å². The molecule has 0 amide bonds. The monoisotopic (exact) mass is 219 g/mol. The van der Waals surface area contributed by atoms with Gasteiger partial charge in [0.1, 0.15) is 0 Å². The van der Waals surface area contributed by atoms with Crippen LogP contribution in [0.15, 0.2) is 35.7 Å². The Balaban J connectivity index is 2.05. The van der Waals surface area contributed by atoms with Gasteiger partial charge >= 0.3 is 0 Å². The molecule has 0 atom stereocenters. The van der Waals surface area contributed by atoms with Crippen molar-refractivity contribution in [2.24, 2.45) is 0 Å². The van der Waals surface area contributed by atoms with E-state index < -0.39 is 0 Å². The summed E-state index contributed by atoms with van der Waals surface area (Å²) in [5.41, 5.74) is 2.14. The van der Waals surface area contributed by atoms with Crippen molar-refractivity contribution >= 4 is 22.2 Å².